The van der Waals surface area contributed by atoms with E-state index in [0.29, 0.717) is 0 Å². The third-order valence-corrected chi connectivity index (χ3v) is 0.708. The minimum absolute atomic E-state index is 0. The van der Waals surface area contributed by atoms with Crippen LogP contribution < -0.4 is 0 Å². The molecule has 11 heavy (non-hydrogen) atoms. The Morgan fingerprint density at radius 2 is 1.18 bits per heavy atom. The topological polar surface area (TPSA) is 91.9 Å². The van der Waals surface area contributed by atoms with Gasteiger partial charge in [0, 0.05) is 54.6 Å². The first-order chi connectivity index (χ1) is 3.41. The zero-order chi connectivity index (χ0) is 6.12. The molecular formula is H2Cu2Fe3O5Pd. The molecule has 0 saturated heterocycles. The average molecular weight is 483 g/mol. The molecule has 0 heterocycles. The maximum atomic E-state index is 9.11. The van der Waals surface area contributed by atoms with Crippen molar-refractivity contribution < 1.29 is 121 Å². The Labute approximate surface area is 119 Å². The Morgan fingerprint density at radius 1 is 1.00 bits per heavy atom. The predicted molar refractivity (Wildman–Crippen MR) is 6.76 cm³/mol. The van der Waals surface area contributed by atoms with Crippen LogP contribution in [0.25, 0.3) is 0 Å². The molecule has 0 aliphatic rings. The van der Waals surface area contributed by atoms with Crippen molar-refractivity contribution in [3.8, 4) is 0 Å². The van der Waals surface area contributed by atoms with Crippen LogP contribution in [0.4, 0.5) is 0 Å². The summed E-state index contributed by atoms with van der Waals surface area (Å²) in [6.45, 7) is 0. The van der Waals surface area contributed by atoms with Gasteiger partial charge in [0.15, 0.2) is 0 Å². The molecule has 88 valence electrons. The van der Waals surface area contributed by atoms with Crippen LogP contribution in [0.2, 0.25) is 0 Å². The summed E-state index contributed by atoms with van der Waals surface area (Å²) >= 11 is 0.562. The fraction of sp³-hybridized carbons (Fsp3) is 0. The molecule has 0 bridgehead atoms. The van der Waals surface area contributed by atoms with Gasteiger partial charge in [0.2, 0.25) is 0 Å². The van der Waals surface area contributed by atoms with Crippen molar-refractivity contribution >= 4 is 0 Å². The summed E-state index contributed by atoms with van der Waals surface area (Å²) in [5, 5.41) is 0. The third-order valence-electron chi connectivity index (χ3n) is 0.0417. The van der Waals surface area contributed by atoms with E-state index in [-0.39, 0.29) is 60.0 Å². The minimum atomic E-state index is -0.719. The molecule has 2 radical (unpaired) electrons. The average Bonchev–Trinajstić information content (AvgIpc) is 1.75. The third kappa shape index (κ3) is 67.1. The Kier molecular flexibility index (Phi) is 184. The van der Waals surface area contributed by atoms with Gasteiger partial charge in [-0.3, -0.25) is 0 Å². The normalized spacial score (nSPS) is 4.09. The summed E-state index contributed by atoms with van der Waals surface area (Å²) in [7, 11) is 0. The van der Waals surface area contributed by atoms with Crippen molar-refractivity contribution in [2.75, 3.05) is 0 Å². The van der Waals surface area contributed by atoms with Gasteiger partial charge in [0.25, 0.3) is 0 Å². The standard InChI is InChI=1S/2Cu.3Fe.H2O.4O.Pd/h;;;;;1H2;;;;;. The van der Waals surface area contributed by atoms with Crippen LogP contribution in [0.5, 0.6) is 0 Å². The fourth-order valence-corrected chi connectivity index (χ4v) is 0.145. The van der Waals surface area contributed by atoms with Gasteiger partial charge in [-0.2, -0.15) is 0 Å². The summed E-state index contributed by atoms with van der Waals surface area (Å²) in [6, 6.07) is 0. The monoisotopic (exact) mass is 482 g/mol. The van der Waals surface area contributed by atoms with Gasteiger partial charge in [0.05, 0.1) is 0 Å². The van der Waals surface area contributed by atoms with E-state index < -0.39 is 30.4 Å². The second-order valence-corrected chi connectivity index (χ2v) is 1.35. The molecule has 0 spiro atoms. The molecule has 5 nitrogen and oxygen atoms in total. The number of hydrogen-bond acceptors (Lipinski definition) is 4. The van der Waals surface area contributed by atoms with Gasteiger partial charge >= 0.3 is 60.8 Å². The van der Waals surface area contributed by atoms with E-state index >= 15 is 0 Å². The maximum absolute atomic E-state index is 9.11. The van der Waals surface area contributed by atoms with E-state index in [1.165, 1.54) is 0 Å². The molecule has 0 saturated carbocycles. The Bertz CT molecular complexity index is 57.7. The first kappa shape index (κ1) is 37.4. The van der Waals surface area contributed by atoms with Gasteiger partial charge in [-0.15, -0.1) is 0 Å². The SMILES string of the molecule is O.[Cu].[Cu].[O]=[Fe].[O]=[Fe][O][Fe]=[O].[Pd]. The molecular weight excluding hydrogens is 481 g/mol. The zero-order valence-electron chi connectivity index (χ0n) is 4.11. The Morgan fingerprint density at radius 3 is 1.18 bits per heavy atom. The molecule has 0 aliphatic carbocycles. The molecule has 0 aromatic carbocycles. The van der Waals surface area contributed by atoms with Crippen molar-refractivity contribution in [3.63, 3.8) is 0 Å². The Balaban J connectivity index is -0.00000000972. The largest absolute Gasteiger partial charge is 0 e. The van der Waals surface area contributed by atoms with Crippen molar-refractivity contribution in [2.45, 2.75) is 0 Å². The van der Waals surface area contributed by atoms with E-state index in [4.69, 9.17) is 11.5 Å². The van der Waals surface area contributed by atoms with Crippen molar-refractivity contribution in [3.05, 3.63) is 0 Å². The quantitative estimate of drug-likeness (QED) is 0.459. The van der Waals surface area contributed by atoms with Crippen LogP contribution in [0.3, 0.4) is 0 Å². The van der Waals surface area contributed by atoms with Crippen molar-refractivity contribution in [1.29, 1.82) is 0 Å². The first-order valence-corrected chi connectivity index (χ1v) is 2.98. The molecule has 0 aromatic heterocycles. The zero-order valence-corrected chi connectivity index (χ0v) is 10.9. The van der Waals surface area contributed by atoms with Crippen LogP contribution in [0.15, 0.2) is 0 Å². The summed E-state index contributed by atoms with van der Waals surface area (Å²) in [4.78, 5) is 0. The molecule has 0 rings (SSSR count). The second kappa shape index (κ2) is 54.2. The van der Waals surface area contributed by atoms with Crippen molar-refractivity contribution in [2.24, 2.45) is 0 Å². The van der Waals surface area contributed by atoms with Gasteiger partial charge in [0.1, 0.15) is 0 Å². The molecule has 0 aliphatic heterocycles. The number of rotatable bonds is 2. The molecule has 0 fully saturated rings. The minimum Gasteiger partial charge on any atom is 0 e. The Hall–Kier alpha value is 2.58. The molecule has 0 amide bonds. The molecule has 0 atom stereocenters. The van der Waals surface area contributed by atoms with Crippen molar-refractivity contribution in [1.82, 2.24) is 0 Å². The molecule has 11 heteroatoms. The molecule has 0 aromatic rings. The van der Waals surface area contributed by atoms with Gasteiger partial charge < -0.3 is 5.48 Å². The summed E-state index contributed by atoms with van der Waals surface area (Å²) in [5.41, 5.74) is 0. The van der Waals surface area contributed by atoms with Crippen LogP contribution in [-0.4, -0.2) is 5.48 Å². The summed E-state index contributed by atoms with van der Waals surface area (Å²) in [5.74, 6) is 0. The first-order valence-electron chi connectivity index (χ1n) is 0.722. The van der Waals surface area contributed by atoms with Crippen LogP contribution >= 0.6 is 0 Å². The smallest absolute Gasteiger partial charge is 0 e. The van der Waals surface area contributed by atoms with Crippen LogP contribution in [0, 0.1) is 0 Å². The van der Waals surface area contributed by atoms with Gasteiger partial charge in [-0.25, -0.2) is 0 Å². The van der Waals surface area contributed by atoms with Gasteiger partial charge in [-0.05, 0) is 0 Å². The summed E-state index contributed by atoms with van der Waals surface area (Å²) in [6.07, 6.45) is 0. The van der Waals surface area contributed by atoms with E-state index in [9.17, 15) is 0 Å². The summed E-state index contributed by atoms with van der Waals surface area (Å²) < 4.78 is 29.9. The van der Waals surface area contributed by atoms with E-state index in [0.717, 1.165) is 0 Å². The molecule has 2 N–H and O–H groups in total. The number of hydrogen-bond donors (Lipinski definition) is 0. The molecule has 0 unspecified atom stereocenters. The van der Waals surface area contributed by atoms with Gasteiger partial charge in [-0.1, -0.05) is 0 Å². The van der Waals surface area contributed by atoms with Crippen LogP contribution in [0.1, 0.15) is 0 Å². The fourth-order valence-electron chi connectivity index (χ4n) is 0.00851. The van der Waals surface area contributed by atoms with E-state index in [2.05, 4.69) is 2.90 Å². The van der Waals surface area contributed by atoms with E-state index in [1.54, 1.807) is 0 Å². The predicted octanol–water partition coefficient (Wildman–Crippen LogP) is -1.26. The maximum Gasteiger partial charge on any atom is 0 e. The van der Waals surface area contributed by atoms with E-state index in [1.807, 2.05) is 15.9 Å². The second-order valence-electron chi connectivity index (χ2n) is 0.169. The van der Waals surface area contributed by atoms with Crippen LogP contribution in [-0.2, 0) is 115 Å².